The summed E-state index contributed by atoms with van der Waals surface area (Å²) in [7, 11) is 2.03. The van der Waals surface area contributed by atoms with Crippen molar-refractivity contribution in [2.24, 2.45) is 7.05 Å². The molecule has 1 aliphatic rings. The lowest BCUT2D eigenvalue weighted by atomic mass is 9.92. The van der Waals surface area contributed by atoms with Gasteiger partial charge >= 0.3 is 6.03 Å². The van der Waals surface area contributed by atoms with Crippen LogP contribution in [0.2, 0.25) is 0 Å². The fraction of sp³-hybridized carbons (Fsp3) is 0.167. The summed E-state index contributed by atoms with van der Waals surface area (Å²) in [6.07, 6.45) is 5.73. The predicted molar refractivity (Wildman–Crippen MR) is 119 cm³/mol. The summed E-state index contributed by atoms with van der Waals surface area (Å²) in [5, 5.41) is 7.04. The maximum Gasteiger partial charge on any atom is 0.319 e. The first-order chi connectivity index (χ1) is 15.2. The highest BCUT2D eigenvalue weighted by molar-refractivity contribution is 5.90. The van der Waals surface area contributed by atoms with Gasteiger partial charge in [0.25, 0.3) is 0 Å². The lowest BCUT2D eigenvalue weighted by Crippen LogP contribution is -2.32. The highest BCUT2D eigenvalue weighted by Crippen LogP contribution is 2.34. The van der Waals surface area contributed by atoms with E-state index in [-0.39, 0.29) is 18.7 Å². The largest absolute Gasteiger partial charge is 0.454 e. The predicted octanol–water partition coefficient (Wildman–Crippen LogP) is 4.26. The molecular formula is C24H22N4O3. The number of carbonyl (C=O) groups excluding carboxylic acids is 1. The third-order valence-corrected chi connectivity index (χ3v) is 5.49. The summed E-state index contributed by atoms with van der Waals surface area (Å²) < 4.78 is 12.8. The number of hydrogen-bond donors (Lipinski definition) is 2. The number of para-hydroxylation sites is 1. The van der Waals surface area contributed by atoms with E-state index in [4.69, 9.17) is 9.47 Å². The molecule has 31 heavy (non-hydrogen) atoms. The normalized spacial score (nSPS) is 13.2. The van der Waals surface area contributed by atoms with Crippen LogP contribution in [0.4, 0.5) is 10.5 Å². The van der Waals surface area contributed by atoms with Crippen LogP contribution >= 0.6 is 0 Å². The van der Waals surface area contributed by atoms with Gasteiger partial charge < -0.3 is 24.7 Å². The molecule has 7 nitrogen and oxygen atoms in total. The second kappa shape index (κ2) is 8.02. The van der Waals surface area contributed by atoms with Gasteiger partial charge in [-0.05, 0) is 35.4 Å². The molecule has 1 atom stereocenters. The first-order valence-electron chi connectivity index (χ1n) is 10.1. The van der Waals surface area contributed by atoms with Crippen molar-refractivity contribution in [2.75, 3.05) is 18.7 Å². The molecular weight excluding hydrogens is 392 g/mol. The van der Waals surface area contributed by atoms with Gasteiger partial charge in [0.15, 0.2) is 11.5 Å². The molecule has 7 heteroatoms. The lowest BCUT2D eigenvalue weighted by Gasteiger charge is -2.18. The van der Waals surface area contributed by atoms with E-state index < -0.39 is 0 Å². The van der Waals surface area contributed by atoms with E-state index in [2.05, 4.69) is 38.5 Å². The number of hydrogen-bond acceptors (Lipinski definition) is 4. The number of aryl methyl sites for hydroxylation is 1. The number of benzene rings is 2. The molecule has 3 heterocycles. The minimum absolute atomic E-state index is 0.0395. The van der Waals surface area contributed by atoms with Gasteiger partial charge in [0.2, 0.25) is 6.79 Å². The van der Waals surface area contributed by atoms with Crippen molar-refractivity contribution in [3.8, 4) is 11.5 Å². The summed E-state index contributed by atoms with van der Waals surface area (Å²) >= 11 is 0. The number of fused-ring (bicyclic) bond motifs is 2. The zero-order chi connectivity index (χ0) is 21.2. The Balaban J connectivity index is 1.37. The topological polar surface area (TPSA) is 77.4 Å². The number of anilines is 1. The van der Waals surface area contributed by atoms with Crippen LogP contribution in [0.15, 0.2) is 73.2 Å². The first kappa shape index (κ1) is 19.0. The zero-order valence-corrected chi connectivity index (χ0v) is 17.0. The van der Waals surface area contributed by atoms with Crippen LogP contribution in [0.5, 0.6) is 11.5 Å². The minimum atomic E-state index is -0.284. The molecule has 1 aliphatic heterocycles. The second-order valence-electron chi connectivity index (χ2n) is 7.45. The highest BCUT2D eigenvalue weighted by atomic mass is 16.7. The van der Waals surface area contributed by atoms with Gasteiger partial charge in [-0.2, -0.15) is 0 Å². The summed E-state index contributed by atoms with van der Waals surface area (Å²) in [5.41, 5.74) is 3.98. The molecule has 0 spiro atoms. The van der Waals surface area contributed by atoms with Crippen molar-refractivity contribution >= 4 is 22.6 Å². The zero-order valence-electron chi connectivity index (χ0n) is 17.0. The van der Waals surface area contributed by atoms with E-state index in [1.807, 2.05) is 37.5 Å². The number of rotatable bonds is 5. The van der Waals surface area contributed by atoms with Gasteiger partial charge in [-0.25, -0.2) is 4.79 Å². The number of carbonyl (C=O) groups is 1. The number of nitrogens with zero attached hydrogens (tertiary/aromatic N) is 2. The van der Waals surface area contributed by atoms with E-state index >= 15 is 0 Å². The number of amides is 2. The molecule has 5 rings (SSSR count). The van der Waals surface area contributed by atoms with Gasteiger partial charge in [0.1, 0.15) is 0 Å². The third kappa shape index (κ3) is 3.77. The SMILES string of the molecule is Cn1cc([C@H](CNC(=O)Nc2ccc3c(c2)OCO3)c2cccnc2)c2ccccc21. The van der Waals surface area contributed by atoms with E-state index in [0.29, 0.717) is 23.7 Å². The third-order valence-electron chi connectivity index (χ3n) is 5.49. The van der Waals surface area contributed by atoms with Crippen molar-refractivity contribution in [3.05, 3.63) is 84.3 Å². The van der Waals surface area contributed by atoms with Crippen LogP contribution in [-0.2, 0) is 7.05 Å². The molecule has 0 radical (unpaired) electrons. The molecule has 0 fully saturated rings. The smallest absolute Gasteiger partial charge is 0.319 e. The van der Waals surface area contributed by atoms with E-state index in [9.17, 15) is 4.79 Å². The van der Waals surface area contributed by atoms with Crippen LogP contribution in [0.1, 0.15) is 17.0 Å². The molecule has 0 saturated carbocycles. The second-order valence-corrected chi connectivity index (χ2v) is 7.45. The Morgan fingerprint density at radius 3 is 2.87 bits per heavy atom. The van der Waals surface area contributed by atoms with E-state index in [1.54, 1.807) is 24.4 Å². The Hall–Kier alpha value is -4.00. The average molecular weight is 414 g/mol. The average Bonchev–Trinajstić information content (AvgIpc) is 3.39. The van der Waals surface area contributed by atoms with Crippen LogP contribution in [0.3, 0.4) is 0 Å². The van der Waals surface area contributed by atoms with Crippen LogP contribution in [-0.4, -0.2) is 28.9 Å². The van der Waals surface area contributed by atoms with Gasteiger partial charge in [-0.3, -0.25) is 4.98 Å². The molecule has 0 unspecified atom stereocenters. The number of aromatic nitrogens is 2. The van der Waals surface area contributed by atoms with Crippen LogP contribution < -0.4 is 20.1 Å². The molecule has 156 valence electrons. The van der Waals surface area contributed by atoms with Gasteiger partial charge in [0, 0.05) is 60.8 Å². The minimum Gasteiger partial charge on any atom is -0.454 e. The number of ether oxygens (including phenoxy) is 2. The molecule has 2 aromatic carbocycles. The van der Waals surface area contributed by atoms with Crippen molar-refractivity contribution in [1.29, 1.82) is 0 Å². The Morgan fingerprint density at radius 1 is 1.13 bits per heavy atom. The summed E-state index contributed by atoms with van der Waals surface area (Å²) in [6, 6.07) is 17.3. The Labute approximate surface area is 179 Å². The van der Waals surface area contributed by atoms with Crippen molar-refractivity contribution in [3.63, 3.8) is 0 Å². The molecule has 0 saturated heterocycles. The molecule has 2 amide bonds. The molecule has 4 aromatic rings. The van der Waals surface area contributed by atoms with Gasteiger partial charge in [-0.1, -0.05) is 24.3 Å². The standard InChI is InChI=1S/C24H22N4O3/c1-28-14-20(18-6-2-3-7-21(18)28)19(16-5-4-10-25-12-16)13-26-24(29)27-17-8-9-22-23(11-17)31-15-30-22/h2-12,14,19H,13,15H2,1H3,(H2,26,27,29)/t19-/m1/s1. The quantitative estimate of drug-likeness (QED) is 0.512. The molecule has 0 aliphatic carbocycles. The molecule has 2 aromatic heterocycles. The van der Waals surface area contributed by atoms with Crippen molar-refractivity contribution in [1.82, 2.24) is 14.9 Å². The van der Waals surface area contributed by atoms with Crippen LogP contribution in [0, 0.1) is 0 Å². The van der Waals surface area contributed by atoms with E-state index in [0.717, 1.165) is 22.0 Å². The number of urea groups is 1. The monoisotopic (exact) mass is 414 g/mol. The Morgan fingerprint density at radius 2 is 2.00 bits per heavy atom. The van der Waals surface area contributed by atoms with Crippen LogP contribution in [0.25, 0.3) is 10.9 Å². The first-order valence-corrected chi connectivity index (χ1v) is 10.1. The number of pyridine rings is 1. The Kier molecular flexibility index (Phi) is 4.92. The maximum atomic E-state index is 12.6. The molecule has 0 bridgehead atoms. The number of nitrogens with one attached hydrogen (secondary N) is 2. The maximum absolute atomic E-state index is 12.6. The summed E-state index contributed by atoms with van der Waals surface area (Å²) in [4.78, 5) is 16.9. The molecule has 2 N–H and O–H groups in total. The summed E-state index contributed by atoms with van der Waals surface area (Å²) in [6.45, 7) is 0.624. The van der Waals surface area contributed by atoms with E-state index in [1.165, 1.54) is 0 Å². The van der Waals surface area contributed by atoms with Crippen molar-refractivity contribution in [2.45, 2.75) is 5.92 Å². The van der Waals surface area contributed by atoms with Crippen molar-refractivity contribution < 1.29 is 14.3 Å². The lowest BCUT2D eigenvalue weighted by molar-refractivity contribution is 0.174. The highest BCUT2D eigenvalue weighted by Gasteiger charge is 2.21. The van der Waals surface area contributed by atoms with Gasteiger partial charge in [-0.15, -0.1) is 0 Å². The fourth-order valence-electron chi connectivity index (χ4n) is 3.98. The summed E-state index contributed by atoms with van der Waals surface area (Å²) in [5.74, 6) is 1.27. The fourth-order valence-corrected chi connectivity index (χ4v) is 3.98. The Bertz CT molecular complexity index is 1240. The van der Waals surface area contributed by atoms with Gasteiger partial charge in [0.05, 0.1) is 0 Å².